The summed E-state index contributed by atoms with van der Waals surface area (Å²) in [6.07, 6.45) is 16.7. The summed E-state index contributed by atoms with van der Waals surface area (Å²) in [5, 5.41) is 11.3. The number of H-pyrrole nitrogens is 4. The number of nitrogens with one attached hydrogen (secondary N) is 5. The van der Waals surface area contributed by atoms with E-state index < -0.39 is 56.7 Å². The van der Waals surface area contributed by atoms with Crippen molar-refractivity contribution in [2.75, 3.05) is 145 Å². The number of piperazine rings is 3. The van der Waals surface area contributed by atoms with Crippen LogP contribution in [0.25, 0.3) is 43.6 Å². The Labute approximate surface area is 590 Å². The molecule has 0 atom stereocenters. The standard InChI is InChI=1S/C18H26N4O3S.C17H26N4O4S2.C17H24N4O3S.C16H16ClN3S/c1-13(23)20(4)14-10-16-15(6-7-19-16)17(11-14)21-8-9-22(26(5,24)25)18(2,3)12-21;1-17(2)12-20(8-9-21(17)27(5,24)25)16-11-13(19(3)26(4,22)23)10-15-14(16)6-7-18-15;1-12(22)19-13-9-15-14(5-6-18-15)16(10-13)20-7-8-21(25(4,23)24)17(2,3)11-20;17-12-9-14-13(1-4-18-14)15(10-12)20-6-2-11(3-7-20)16-19-5-8-21-16/h6-7,10-11,19H,8-9,12H2,1-5H3;6-7,10-11,18H,8-9,12H2,1-5H3;5-6,9-10,18H,7-8,11H2,1-4H3,(H,19,22);1,4-5,8-11,18H,2-3,6-7H2. The van der Waals surface area contributed by atoms with E-state index in [0.717, 1.165) is 97.6 Å². The first kappa shape index (κ1) is 74.3. The van der Waals surface area contributed by atoms with Crippen LogP contribution in [0.3, 0.4) is 0 Å². The molecular formula is C68H92ClN15O10S5. The summed E-state index contributed by atoms with van der Waals surface area (Å²) in [6.45, 7) is 21.3. The lowest BCUT2D eigenvalue weighted by atomic mass is 9.97. The van der Waals surface area contributed by atoms with Crippen LogP contribution in [0.1, 0.15) is 79.2 Å². The van der Waals surface area contributed by atoms with Crippen molar-refractivity contribution in [1.82, 2.24) is 37.8 Å². The van der Waals surface area contributed by atoms with Crippen LogP contribution in [0.2, 0.25) is 5.02 Å². The Bertz CT molecular complexity index is 4910. The second-order valence-electron chi connectivity index (χ2n) is 27.9. The topological polar surface area (TPSA) is 288 Å². The highest BCUT2D eigenvalue weighted by Gasteiger charge is 2.42. The number of anilines is 7. The molecule has 25 nitrogen and oxygen atoms in total. The van der Waals surface area contributed by atoms with Crippen LogP contribution >= 0.6 is 22.9 Å². The summed E-state index contributed by atoms with van der Waals surface area (Å²) in [4.78, 5) is 51.1. The van der Waals surface area contributed by atoms with Crippen LogP contribution in [0.4, 0.5) is 39.8 Å². The fraction of sp³-hybridized carbons (Fsp3) is 0.456. The minimum Gasteiger partial charge on any atom is -0.371 e. The number of halogens is 1. The zero-order valence-corrected chi connectivity index (χ0v) is 63.5. The van der Waals surface area contributed by atoms with Crippen molar-refractivity contribution in [3.63, 3.8) is 0 Å². The van der Waals surface area contributed by atoms with Crippen molar-refractivity contribution in [2.45, 2.75) is 90.8 Å². The Kier molecular flexibility index (Phi) is 21.4. The predicted octanol–water partition coefficient (Wildman–Crippen LogP) is 10.1. The second-order valence-corrected chi connectivity index (χ2v) is 37.0. The number of carbonyl (C=O) groups is 2. The van der Waals surface area contributed by atoms with Gasteiger partial charge < -0.3 is 49.8 Å². The number of sulfonamides is 4. The van der Waals surface area contributed by atoms with Gasteiger partial charge in [-0.2, -0.15) is 12.9 Å². The lowest BCUT2D eigenvalue weighted by Crippen LogP contribution is -2.60. The number of aromatic nitrogens is 5. The highest BCUT2D eigenvalue weighted by Crippen LogP contribution is 2.41. The van der Waals surface area contributed by atoms with E-state index in [0.29, 0.717) is 70.5 Å². The summed E-state index contributed by atoms with van der Waals surface area (Å²) in [7, 11) is -9.92. The van der Waals surface area contributed by atoms with Crippen LogP contribution in [0.15, 0.2) is 109 Å². The van der Waals surface area contributed by atoms with Gasteiger partial charge in [0.25, 0.3) is 0 Å². The van der Waals surface area contributed by atoms with Gasteiger partial charge in [0.2, 0.25) is 51.9 Å². The molecule has 31 heteroatoms. The molecule has 9 heterocycles. The maximum absolute atomic E-state index is 12.1. The SMILES string of the molecule is CC(=O)N(C)c1cc(N2CCN(S(C)(=O)=O)C(C)(C)C2)c2cc[nH]c2c1.CC(=O)Nc1cc(N2CCN(S(C)(=O)=O)C(C)(C)C2)c2cc[nH]c2c1.CN(c1cc(N2CCN(S(C)(=O)=O)C(C)(C)C2)c2cc[nH]c2c1)S(C)(=O)=O.Clc1cc(N2CCC(c3nccs3)CC2)c2cc[nH]c2c1. The molecule has 9 aromatic rings. The number of piperidine rings is 1. The van der Waals surface area contributed by atoms with Gasteiger partial charge >= 0.3 is 0 Å². The van der Waals surface area contributed by atoms with Crippen molar-refractivity contribution < 1.29 is 43.3 Å². The highest BCUT2D eigenvalue weighted by molar-refractivity contribution is 7.92. The summed E-state index contributed by atoms with van der Waals surface area (Å²) in [5.41, 5.74) is 8.45. The molecule has 536 valence electrons. The van der Waals surface area contributed by atoms with Crippen LogP contribution in [0, 0.1) is 0 Å². The molecule has 0 saturated carbocycles. The third-order valence-electron chi connectivity index (χ3n) is 18.9. The van der Waals surface area contributed by atoms with Gasteiger partial charge in [0.05, 0.1) is 35.7 Å². The summed E-state index contributed by atoms with van der Waals surface area (Å²) >= 11 is 8.03. The highest BCUT2D eigenvalue weighted by atomic mass is 35.5. The molecule has 4 aliphatic rings. The molecule has 99 heavy (non-hydrogen) atoms. The van der Waals surface area contributed by atoms with Crippen LogP contribution in [-0.4, -0.2) is 211 Å². The van der Waals surface area contributed by atoms with E-state index >= 15 is 0 Å². The van der Waals surface area contributed by atoms with Crippen molar-refractivity contribution in [3.8, 4) is 0 Å². The molecule has 4 aromatic carbocycles. The molecule has 0 bridgehead atoms. The smallest absolute Gasteiger partial charge is 0.231 e. The van der Waals surface area contributed by atoms with Gasteiger partial charge in [-0.3, -0.25) is 13.9 Å². The second kappa shape index (κ2) is 28.5. The summed E-state index contributed by atoms with van der Waals surface area (Å²) < 4.78 is 102. The average molecular weight is 1480 g/mol. The quantitative estimate of drug-likeness (QED) is 0.0760. The fourth-order valence-electron chi connectivity index (χ4n) is 14.3. The van der Waals surface area contributed by atoms with E-state index in [1.807, 2.05) is 127 Å². The Morgan fingerprint density at radius 1 is 0.525 bits per heavy atom. The lowest BCUT2D eigenvalue weighted by molar-refractivity contribution is -0.116. The minimum absolute atomic E-state index is 0.0379. The van der Waals surface area contributed by atoms with Gasteiger partial charge in [-0.1, -0.05) is 11.6 Å². The largest absolute Gasteiger partial charge is 0.371 e. The molecule has 13 rings (SSSR count). The lowest BCUT2D eigenvalue weighted by Gasteiger charge is -2.46. The normalized spacial score (nSPS) is 18.1. The van der Waals surface area contributed by atoms with Gasteiger partial charge in [-0.15, -0.1) is 11.3 Å². The molecule has 4 saturated heterocycles. The maximum atomic E-state index is 12.1. The molecule has 5 aromatic heterocycles. The molecule has 2 amide bonds. The first-order valence-corrected chi connectivity index (χ1v) is 41.2. The third kappa shape index (κ3) is 16.8. The number of carbonyl (C=O) groups excluding carboxylic acids is 2. The number of fused-ring (bicyclic) bond motifs is 4. The molecule has 5 N–H and O–H groups in total. The molecule has 4 fully saturated rings. The van der Waals surface area contributed by atoms with E-state index in [1.165, 1.54) is 70.6 Å². The van der Waals surface area contributed by atoms with E-state index in [-0.39, 0.29) is 11.8 Å². The van der Waals surface area contributed by atoms with Crippen molar-refractivity contribution >= 4 is 158 Å². The number of hydrogen-bond acceptors (Lipinski definition) is 16. The Hall–Kier alpha value is -7.42. The van der Waals surface area contributed by atoms with Crippen molar-refractivity contribution in [1.29, 1.82) is 0 Å². The third-order valence-corrected chi connectivity index (χ3v) is 25.7. The number of thiazole rings is 1. The Morgan fingerprint density at radius 2 is 0.909 bits per heavy atom. The van der Waals surface area contributed by atoms with Gasteiger partial charge in [0, 0.05) is 242 Å². The number of nitrogens with zero attached hydrogens (tertiary/aromatic N) is 10. The van der Waals surface area contributed by atoms with Gasteiger partial charge in [0.15, 0.2) is 0 Å². The molecule has 0 unspecified atom stereocenters. The van der Waals surface area contributed by atoms with E-state index in [1.54, 1.807) is 38.0 Å². The van der Waals surface area contributed by atoms with Crippen molar-refractivity contribution in [3.05, 3.63) is 119 Å². The predicted molar refractivity (Wildman–Crippen MR) is 405 cm³/mol. The number of aromatic amines is 4. The monoisotopic (exact) mass is 1470 g/mol. The maximum Gasteiger partial charge on any atom is 0.231 e. The summed E-state index contributed by atoms with van der Waals surface area (Å²) in [6, 6.07) is 23.6. The molecule has 0 spiro atoms. The Balaban J connectivity index is 0.000000143. The van der Waals surface area contributed by atoms with Gasteiger partial charge in [-0.25, -0.2) is 38.7 Å². The first-order valence-electron chi connectivity index (χ1n) is 32.6. The van der Waals surface area contributed by atoms with E-state index in [4.69, 9.17) is 11.6 Å². The first-order chi connectivity index (χ1) is 46.2. The zero-order valence-electron chi connectivity index (χ0n) is 58.6. The van der Waals surface area contributed by atoms with Crippen molar-refractivity contribution in [2.24, 2.45) is 0 Å². The van der Waals surface area contributed by atoms with Crippen LogP contribution < -0.4 is 34.1 Å². The number of hydrogen-bond donors (Lipinski definition) is 5. The zero-order chi connectivity index (χ0) is 72.1. The fourth-order valence-corrected chi connectivity index (χ4v) is 19.9. The molecule has 4 aliphatic heterocycles. The number of amides is 2. The number of rotatable bonds is 12. The Morgan fingerprint density at radius 3 is 1.28 bits per heavy atom. The minimum atomic E-state index is -3.39. The van der Waals surface area contributed by atoms with E-state index in [9.17, 15) is 43.3 Å². The van der Waals surface area contributed by atoms with Crippen LogP contribution in [-0.2, 0) is 49.7 Å². The molecule has 0 radical (unpaired) electrons. The summed E-state index contributed by atoms with van der Waals surface area (Å²) in [5.74, 6) is 0.449. The van der Waals surface area contributed by atoms with Crippen LogP contribution in [0.5, 0.6) is 0 Å². The average Bonchev–Trinajstić information content (AvgIpc) is 1.75. The van der Waals surface area contributed by atoms with E-state index in [2.05, 4.69) is 67.3 Å². The van der Waals surface area contributed by atoms with Gasteiger partial charge in [-0.05, 0) is 127 Å². The number of benzene rings is 4. The van der Waals surface area contributed by atoms with Gasteiger partial charge in [0.1, 0.15) is 0 Å². The molecular weight excluding hydrogens is 1380 g/mol. The molecule has 0 aliphatic carbocycles.